The fourth-order valence-corrected chi connectivity index (χ4v) is 2.85. The molecule has 1 fully saturated rings. The van der Waals surface area contributed by atoms with Gasteiger partial charge in [-0.3, -0.25) is 4.99 Å². The van der Waals surface area contributed by atoms with Crippen LogP contribution in [0.4, 0.5) is 0 Å². The monoisotopic (exact) mass is 237 g/mol. The Bertz CT molecular complexity index is 364. The molecule has 1 saturated heterocycles. The highest BCUT2D eigenvalue weighted by Crippen LogP contribution is 2.15. The first-order chi connectivity index (χ1) is 7.81. The summed E-state index contributed by atoms with van der Waals surface area (Å²) in [4.78, 5) is 8.07. The summed E-state index contributed by atoms with van der Waals surface area (Å²) < 4.78 is 0. The van der Waals surface area contributed by atoms with Crippen LogP contribution in [-0.4, -0.2) is 31.0 Å². The average Bonchev–Trinajstić information content (AvgIpc) is 2.92. The third kappa shape index (κ3) is 2.55. The van der Waals surface area contributed by atoms with E-state index in [1.165, 1.54) is 23.3 Å². The van der Waals surface area contributed by atoms with Crippen molar-refractivity contribution in [3.05, 3.63) is 21.9 Å². The first-order valence-corrected chi connectivity index (χ1v) is 6.68. The maximum absolute atomic E-state index is 4.34. The lowest BCUT2D eigenvalue weighted by Gasteiger charge is -2.20. The zero-order valence-corrected chi connectivity index (χ0v) is 10.8. The van der Waals surface area contributed by atoms with Gasteiger partial charge in [-0.05, 0) is 36.8 Å². The molecule has 0 saturated carbocycles. The van der Waals surface area contributed by atoms with Crippen LogP contribution in [0.25, 0.3) is 0 Å². The largest absolute Gasteiger partial charge is 0.351 e. The number of hydrogen-bond acceptors (Lipinski definition) is 2. The zero-order valence-electron chi connectivity index (χ0n) is 9.99. The first kappa shape index (κ1) is 11.5. The number of rotatable bonds is 2. The van der Waals surface area contributed by atoms with E-state index in [1.807, 2.05) is 18.4 Å². The Hall–Kier alpha value is -1.03. The van der Waals surface area contributed by atoms with E-state index in [1.54, 1.807) is 0 Å². The number of hydrogen-bond donors (Lipinski definition) is 1. The van der Waals surface area contributed by atoms with Crippen LogP contribution in [0, 0.1) is 6.92 Å². The Morgan fingerprint density at radius 2 is 2.25 bits per heavy atom. The minimum Gasteiger partial charge on any atom is -0.351 e. The lowest BCUT2D eigenvalue weighted by molar-refractivity contribution is 0.494. The van der Waals surface area contributed by atoms with E-state index in [-0.39, 0.29) is 0 Å². The van der Waals surface area contributed by atoms with Gasteiger partial charge in [0.25, 0.3) is 0 Å². The second-order valence-corrected chi connectivity index (χ2v) is 5.12. The van der Waals surface area contributed by atoms with Crippen molar-refractivity contribution < 1.29 is 0 Å². The number of aryl methyl sites for hydroxylation is 1. The summed E-state index contributed by atoms with van der Waals surface area (Å²) in [5.74, 6) is 1.05. The van der Waals surface area contributed by atoms with Crippen LogP contribution < -0.4 is 5.32 Å². The van der Waals surface area contributed by atoms with Crippen molar-refractivity contribution in [1.82, 2.24) is 10.2 Å². The molecule has 2 rings (SSSR count). The molecule has 0 aromatic carbocycles. The Balaban J connectivity index is 1.90. The van der Waals surface area contributed by atoms with Crippen LogP contribution in [0.5, 0.6) is 0 Å². The number of thiophene rings is 1. The predicted octanol–water partition coefficient (Wildman–Crippen LogP) is 2.23. The normalized spacial score (nSPS) is 16.9. The summed E-state index contributed by atoms with van der Waals surface area (Å²) in [5.41, 5.74) is 1.37. The Labute approximate surface area is 101 Å². The van der Waals surface area contributed by atoms with Gasteiger partial charge in [-0.2, -0.15) is 0 Å². The number of nitrogens with one attached hydrogen (secondary N) is 1. The number of guanidine groups is 1. The van der Waals surface area contributed by atoms with Gasteiger partial charge >= 0.3 is 0 Å². The van der Waals surface area contributed by atoms with Gasteiger partial charge in [0.15, 0.2) is 5.96 Å². The molecule has 0 spiro atoms. The Kier molecular flexibility index (Phi) is 3.83. The Morgan fingerprint density at radius 1 is 1.50 bits per heavy atom. The molecule has 2 heterocycles. The SMILES string of the molecule is CN=C(NCc1sccc1C)N1CCCC1. The second kappa shape index (κ2) is 5.34. The second-order valence-electron chi connectivity index (χ2n) is 4.12. The molecule has 16 heavy (non-hydrogen) atoms. The molecule has 3 nitrogen and oxygen atoms in total. The first-order valence-electron chi connectivity index (χ1n) is 5.80. The summed E-state index contributed by atoms with van der Waals surface area (Å²) in [6.07, 6.45) is 2.58. The van der Waals surface area contributed by atoms with Gasteiger partial charge < -0.3 is 10.2 Å². The van der Waals surface area contributed by atoms with Gasteiger partial charge in [0.1, 0.15) is 0 Å². The molecule has 0 aliphatic carbocycles. The molecular formula is C12H19N3S. The minimum absolute atomic E-state index is 0.896. The van der Waals surface area contributed by atoms with E-state index in [0.29, 0.717) is 0 Å². The van der Waals surface area contributed by atoms with Crippen molar-refractivity contribution in [2.24, 2.45) is 4.99 Å². The lowest BCUT2D eigenvalue weighted by atomic mass is 10.3. The molecule has 1 aromatic rings. The topological polar surface area (TPSA) is 27.6 Å². The highest BCUT2D eigenvalue weighted by Gasteiger charge is 2.15. The Morgan fingerprint density at radius 3 is 2.81 bits per heavy atom. The van der Waals surface area contributed by atoms with Crippen LogP contribution in [-0.2, 0) is 6.54 Å². The van der Waals surface area contributed by atoms with Gasteiger partial charge in [0.05, 0.1) is 6.54 Å². The standard InChI is InChI=1S/C12H19N3S/c1-10-5-8-16-11(10)9-14-12(13-2)15-6-3-4-7-15/h5,8H,3-4,6-7,9H2,1-2H3,(H,13,14). The molecule has 0 unspecified atom stereocenters. The predicted molar refractivity (Wildman–Crippen MR) is 70.1 cm³/mol. The van der Waals surface area contributed by atoms with Crippen molar-refractivity contribution in [1.29, 1.82) is 0 Å². The van der Waals surface area contributed by atoms with Gasteiger partial charge in [-0.1, -0.05) is 0 Å². The molecular weight excluding hydrogens is 218 g/mol. The fraction of sp³-hybridized carbons (Fsp3) is 0.583. The summed E-state index contributed by atoms with van der Waals surface area (Å²) >= 11 is 1.81. The molecule has 1 N–H and O–H groups in total. The van der Waals surface area contributed by atoms with Crippen LogP contribution in [0.3, 0.4) is 0 Å². The quantitative estimate of drug-likeness (QED) is 0.631. The molecule has 88 valence electrons. The van der Waals surface area contributed by atoms with Gasteiger partial charge in [0, 0.05) is 25.0 Å². The third-order valence-corrected chi connectivity index (χ3v) is 4.02. The molecule has 4 heteroatoms. The van der Waals surface area contributed by atoms with Gasteiger partial charge in [0.2, 0.25) is 0 Å². The average molecular weight is 237 g/mol. The van der Waals surface area contributed by atoms with E-state index in [2.05, 4.69) is 33.6 Å². The van der Waals surface area contributed by atoms with Crippen molar-refractivity contribution in [3.63, 3.8) is 0 Å². The maximum atomic E-state index is 4.34. The van der Waals surface area contributed by atoms with Crippen molar-refractivity contribution in [2.45, 2.75) is 26.3 Å². The number of likely N-dealkylation sites (tertiary alicyclic amines) is 1. The molecule has 0 atom stereocenters. The molecule has 0 bridgehead atoms. The van der Waals surface area contributed by atoms with E-state index in [4.69, 9.17) is 0 Å². The zero-order chi connectivity index (χ0) is 11.4. The number of nitrogens with zero attached hydrogens (tertiary/aromatic N) is 2. The highest BCUT2D eigenvalue weighted by atomic mass is 32.1. The van der Waals surface area contributed by atoms with Crippen molar-refractivity contribution in [2.75, 3.05) is 20.1 Å². The van der Waals surface area contributed by atoms with Gasteiger partial charge in [-0.15, -0.1) is 11.3 Å². The highest BCUT2D eigenvalue weighted by molar-refractivity contribution is 7.10. The van der Waals surface area contributed by atoms with E-state index in [0.717, 1.165) is 25.6 Å². The summed E-state index contributed by atoms with van der Waals surface area (Å²) in [6.45, 7) is 5.34. The van der Waals surface area contributed by atoms with Crippen LogP contribution in [0.15, 0.2) is 16.4 Å². The fourth-order valence-electron chi connectivity index (χ4n) is 2.01. The molecule has 0 amide bonds. The van der Waals surface area contributed by atoms with E-state index < -0.39 is 0 Å². The lowest BCUT2D eigenvalue weighted by Crippen LogP contribution is -2.39. The van der Waals surface area contributed by atoms with E-state index in [9.17, 15) is 0 Å². The third-order valence-electron chi connectivity index (χ3n) is 2.99. The smallest absolute Gasteiger partial charge is 0.193 e. The molecule has 1 aliphatic rings. The maximum Gasteiger partial charge on any atom is 0.193 e. The molecule has 0 radical (unpaired) electrons. The van der Waals surface area contributed by atoms with Crippen LogP contribution in [0.1, 0.15) is 23.3 Å². The van der Waals surface area contributed by atoms with Crippen molar-refractivity contribution in [3.8, 4) is 0 Å². The minimum atomic E-state index is 0.896. The summed E-state index contributed by atoms with van der Waals surface area (Å²) in [6, 6.07) is 2.17. The molecule has 1 aromatic heterocycles. The van der Waals surface area contributed by atoms with E-state index >= 15 is 0 Å². The van der Waals surface area contributed by atoms with Crippen molar-refractivity contribution >= 4 is 17.3 Å². The van der Waals surface area contributed by atoms with Gasteiger partial charge in [-0.25, -0.2) is 0 Å². The summed E-state index contributed by atoms with van der Waals surface area (Å²) in [7, 11) is 1.86. The molecule has 1 aliphatic heterocycles. The van der Waals surface area contributed by atoms with Crippen LogP contribution >= 0.6 is 11.3 Å². The number of aliphatic imine (C=N–C) groups is 1. The van der Waals surface area contributed by atoms with Crippen LogP contribution in [0.2, 0.25) is 0 Å². The summed E-state index contributed by atoms with van der Waals surface area (Å²) in [5, 5.41) is 5.58.